The molecule has 1 aromatic heterocycles. The Kier molecular flexibility index (Phi) is 5.18. The van der Waals surface area contributed by atoms with Gasteiger partial charge in [-0.3, -0.25) is 4.57 Å². The molecule has 0 aliphatic carbocycles. The Morgan fingerprint density at radius 3 is 2.36 bits per heavy atom. The molecular formula is C22H15FN4S. The van der Waals surface area contributed by atoms with Gasteiger partial charge in [-0.25, -0.2) is 4.39 Å². The van der Waals surface area contributed by atoms with Crippen LogP contribution in [-0.4, -0.2) is 14.8 Å². The molecule has 136 valence electrons. The summed E-state index contributed by atoms with van der Waals surface area (Å²) in [4.78, 5) is 0. The number of nitrogens with zero attached hydrogens (tertiary/aromatic N) is 4. The molecule has 0 radical (unpaired) electrons. The Bertz CT molecular complexity index is 1130. The summed E-state index contributed by atoms with van der Waals surface area (Å²) in [6, 6.07) is 25.7. The Morgan fingerprint density at radius 1 is 0.893 bits per heavy atom. The van der Waals surface area contributed by atoms with E-state index < -0.39 is 0 Å². The molecule has 0 atom stereocenters. The number of thioether (sulfide) groups is 1. The highest BCUT2D eigenvalue weighted by atomic mass is 32.2. The first-order chi connectivity index (χ1) is 13.8. The van der Waals surface area contributed by atoms with Crippen LogP contribution in [0.2, 0.25) is 0 Å². The maximum Gasteiger partial charge on any atom is 0.196 e. The first-order valence-electron chi connectivity index (χ1n) is 8.64. The fourth-order valence-electron chi connectivity index (χ4n) is 2.86. The van der Waals surface area contributed by atoms with Gasteiger partial charge in [0.05, 0.1) is 11.6 Å². The van der Waals surface area contributed by atoms with E-state index in [4.69, 9.17) is 0 Å². The molecule has 4 aromatic rings. The number of hydrogen-bond acceptors (Lipinski definition) is 4. The Hall–Kier alpha value is -3.43. The van der Waals surface area contributed by atoms with Crippen molar-refractivity contribution in [1.82, 2.24) is 14.8 Å². The number of aromatic nitrogens is 3. The lowest BCUT2D eigenvalue weighted by atomic mass is 10.1. The number of halogens is 1. The van der Waals surface area contributed by atoms with Crippen molar-refractivity contribution >= 4 is 11.8 Å². The van der Waals surface area contributed by atoms with E-state index in [9.17, 15) is 9.65 Å². The summed E-state index contributed by atoms with van der Waals surface area (Å²) < 4.78 is 15.3. The molecule has 28 heavy (non-hydrogen) atoms. The van der Waals surface area contributed by atoms with Crippen LogP contribution in [0.15, 0.2) is 84.0 Å². The van der Waals surface area contributed by atoms with Crippen molar-refractivity contribution in [3.05, 3.63) is 95.8 Å². The monoisotopic (exact) mass is 386 g/mol. The first-order valence-corrected chi connectivity index (χ1v) is 9.62. The third-order valence-corrected chi connectivity index (χ3v) is 5.22. The fourth-order valence-corrected chi connectivity index (χ4v) is 3.81. The zero-order chi connectivity index (χ0) is 19.3. The van der Waals surface area contributed by atoms with Gasteiger partial charge in [0.2, 0.25) is 0 Å². The van der Waals surface area contributed by atoms with Crippen molar-refractivity contribution in [2.45, 2.75) is 10.9 Å². The van der Waals surface area contributed by atoms with E-state index >= 15 is 0 Å². The van der Waals surface area contributed by atoms with Gasteiger partial charge in [-0.05, 0) is 35.9 Å². The Morgan fingerprint density at radius 2 is 1.61 bits per heavy atom. The lowest BCUT2D eigenvalue weighted by Crippen LogP contribution is -2.00. The second-order valence-electron chi connectivity index (χ2n) is 6.04. The lowest BCUT2D eigenvalue weighted by Gasteiger charge is -2.11. The SMILES string of the molecule is N#Cc1ccccc1CSc1nnc(-c2ccccc2)n1-c1ccc(F)cc1. The van der Waals surface area contributed by atoms with Crippen molar-refractivity contribution < 1.29 is 4.39 Å². The van der Waals surface area contributed by atoms with Crippen LogP contribution >= 0.6 is 11.8 Å². The van der Waals surface area contributed by atoms with Crippen LogP contribution in [0, 0.1) is 17.1 Å². The van der Waals surface area contributed by atoms with Crippen molar-refractivity contribution in [3.8, 4) is 23.1 Å². The highest BCUT2D eigenvalue weighted by Crippen LogP contribution is 2.30. The molecule has 0 saturated heterocycles. The third kappa shape index (κ3) is 3.66. The normalized spacial score (nSPS) is 10.6. The van der Waals surface area contributed by atoms with E-state index in [1.54, 1.807) is 18.2 Å². The minimum absolute atomic E-state index is 0.296. The Balaban J connectivity index is 1.74. The van der Waals surface area contributed by atoms with Gasteiger partial charge < -0.3 is 0 Å². The van der Waals surface area contributed by atoms with Gasteiger partial charge >= 0.3 is 0 Å². The average molecular weight is 386 g/mol. The molecule has 1 heterocycles. The number of rotatable bonds is 5. The topological polar surface area (TPSA) is 54.5 Å². The summed E-state index contributed by atoms with van der Waals surface area (Å²) in [5.41, 5.74) is 3.28. The molecule has 0 amide bonds. The maximum atomic E-state index is 13.4. The predicted octanol–water partition coefficient (Wildman–Crippen LogP) is 5.24. The number of benzene rings is 3. The maximum absolute atomic E-state index is 13.4. The second kappa shape index (κ2) is 8.07. The van der Waals surface area contributed by atoms with Gasteiger partial charge in [-0.15, -0.1) is 10.2 Å². The molecule has 4 nitrogen and oxygen atoms in total. The second-order valence-corrected chi connectivity index (χ2v) is 6.98. The molecule has 0 aliphatic heterocycles. The molecule has 4 rings (SSSR count). The quantitative estimate of drug-likeness (QED) is 0.440. The van der Waals surface area contributed by atoms with Crippen LogP contribution in [-0.2, 0) is 5.75 Å². The molecule has 0 N–H and O–H groups in total. The predicted molar refractivity (Wildman–Crippen MR) is 107 cm³/mol. The van der Waals surface area contributed by atoms with Gasteiger partial charge in [0.15, 0.2) is 11.0 Å². The average Bonchev–Trinajstić information content (AvgIpc) is 3.17. The number of hydrogen-bond donors (Lipinski definition) is 0. The molecule has 0 fully saturated rings. The zero-order valence-electron chi connectivity index (χ0n) is 14.8. The molecule has 3 aromatic carbocycles. The minimum Gasteiger partial charge on any atom is -0.270 e. The van der Waals surface area contributed by atoms with Crippen LogP contribution in [0.3, 0.4) is 0 Å². The lowest BCUT2D eigenvalue weighted by molar-refractivity contribution is 0.627. The van der Waals surface area contributed by atoms with E-state index in [2.05, 4.69) is 16.3 Å². The molecule has 6 heteroatoms. The van der Waals surface area contributed by atoms with Crippen molar-refractivity contribution in [1.29, 1.82) is 5.26 Å². The fraction of sp³-hybridized carbons (Fsp3) is 0.0455. The van der Waals surface area contributed by atoms with Gasteiger partial charge in [0.25, 0.3) is 0 Å². The smallest absolute Gasteiger partial charge is 0.196 e. The van der Waals surface area contributed by atoms with E-state index in [0.29, 0.717) is 22.3 Å². The summed E-state index contributed by atoms with van der Waals surface area (Å²) in [5, 5.41) is 18.7. The van der Waals surface area contributed by atoms with Gasteiger partial charge in [-0.1, -0.05) is 60.3 Å². The van der Waals surface area contributed by atoms with Crippen LogP contribution < -0.4 is 0 Å². The summed E-state index contributed by atoms with van der Waals surface area (Å²) >= 11 is 1.49. The molecule has 0 aliphatic rings. The molecule has 0 unspecified atom stereocenters. The Labute approximate surface area is 166 Å². The van der Waals surface area contributed by atoms with Crippen LogP contribution in [0.5, 0.6) is 0 Å². The zero-order valence-corrected chi connectivity index (χ0v) is 15.6. The number of nitriles is 1. The van der Waals surface area contributed by atoms with Gasteiger partial charge in [-0.2, -0.15) is 5.26 Å². The molecular weight excluding hydrogens is 371 g/mol. The molecule has 0 bridgehead atoms. The van der Waals surface area contributed by atoms with Gasteiger partial charge in [0, 0.05) is 17.0 Å². The van der Waals surface area contributed by atoms with Gasteiger partial charge in [0.1, 0.15) is 5.82 Å². The highest BCUT2D eigenvalue weighted by Gasteiger charge is 2.16. The van der Waals surface area contributed by atoms with Crippen LogP contribution in [0.4, 0.5) is 4.39 Å². The summed E-state index contributed by atoms with van der Waals surface area (Å²) in [7, 11) is 0. The standard InChI is InChI=1S/C22H15FN4S/c23-19-10-12-20(13-11-19)27-21(16-6-2-1-3-7-16)25-26-22(27)28-15-18-9-5-4-8-17(18)14-24/h1-13H,15H2. The van der Waals surface area contributed by atoms with Crippen LogP contribution in [0.25, 0.3) is 17.1 Å². The van der Waals surface area contributed by atoms with Crippen molar-refractivity contribution in [2.24, 2.45) is 0 Å². The molecule has 0 spiro atoms. The van der Waals surface area contributed by atoms with E-state index in [0.717, 1.165) is 16.8 Å². The summed E-state index contributed by atoms with van der Waals surface area (Å²) in [6.45, 7) is 0. The minimum atomic E-state index is -0.296. The first kappa shape index (κ1) is 18.0. The highest BCUT2D eigenvalue weighted by molar-refractivity contribution is 7.98. The van der Waals surface area contributed by atoms with E-state index in [1.807, 2.05) is 53.1 Å². The third-order valence-electron chi connectivity index (χ3n) is 4.24. The van der Waals surface area contributed by atoms with E-state index in [1.165, 1.54) is 23.9 Å². The van der Waals surface area contributed by atoms with Crippen LogP contribution in [0.1, 0.15) is 11.1 Å². The summed E-state index contributed by atoms with van der Waals surface area (Å²) in [5.74, 6) is 0.969. The van der Waals surface area contributed by atoms with Crippen molar-refractivity contribution in [3.63, 3.8) is 0 Å². The van der Waals surface area contributed by atoms with E-state index in [-0.39, 0.29) is 5.82 Å². The largest absolute Gasteiger partial charge is 0.270 e. The molecule has 0 saturated carbocycles. The van der Waals surface area contributed by atoms with Crippen molar-refractivity contribution in [2.75, 3.05) is 0 Å². The summed E-state index contributed by atoms with van der Waals surface area (Å²) in [6.07, 6.45) is 0.